The van der Waals surface area contributed by atoms with E-state index in [1.807, 2.05) is 24.3 Å². The molecule has 0 saturated carbocycles. The number of methoxy groups -OCH3 is 1. The Kier molecular flexibility index (Phi) is 6.10. The van der Waals surface area contributed by atoms with E-state index in [1.54, 1.807) is 30.6 Å². The number of aromatic nitrogens is 1. The lowest BCUT2D eigenvalue weighted by molar-refractivity contribution is -0.110. The van der Waals surface area contributed by atoms with Crippen LogP contribution in [0.25, 0.3) is 11.3 Å². The van der Waals surface area contributed by atoms with Gasteiger partial charge in [-0.1, -0.05) is 12.1 Å². The molecule has 1 aromatic heterocycles. The first-order valence-corrected chi connectivity index (χ1v) is 11.4. The molecule has 2 aliphatic heterocycles. The third kappa shape index (κ3) is 4.43. The lowest BCUT2D eigenvalue weighted by atomic mass is 9.99. The second-order valence-electron chi connectivity index (χ2n) is 8.50. The number of esters is 1. The van der Waals surface area contributed by atoms with E-state index < -0.39 is 5.97 Å². The summed E-state index contributed by atoms with van der Waals surface area (Å²) < 4.78 is 4.87. The molecule has 5 rings (SSSR count). The normalized spacial score (nSPS) is 16.7. The van der Waals surface area contributed by atoms with E-state index >= 15 is 0 Å². The standard InChI is InChI=1S/C27H26N4O3/c1-34-27(33)20-6-9-23-22(16-20)24(26(32)30-23)25(19-10-12-28-13-11-19)29-21-7-4-18(5-8-21)17-31-14-2-3-15-31/h4-13,16,29H,2-3,14-15,17H2,1H3,(H,30,32)/b25-24-. The Balaban J connectivity index is 1.53. The number of fused-ring (bicyclic) bond motifs is 1. The summed E-state index contributed by atoms with van der Waals surface area (Å²) in [6, 6.07) is 17.1. The average molecular weight is 455 g/mol. The van der Waals surface area contributed by atoms with Crippen LogP contribution in [-0.4, -0.2) is 42.0 Å². The first kappa shape index (κ1) is 21.9. The van der Waals surface area contributed by atoms with Gasteiger partial charge in [0.05, 0.1) is 23.9 Å². The van der Waals surface area contributed by atoms with Gasteiger partial charge in [-0.05, 0) is 74.0 Å². The topological polar surface area (TPSA) is 83.6 Å². The Labute approximate surface area is 198 Å². The molecule has 2 N–H and O–H groups in total. The van der Waals surface area contributed by atoms with Crippen molar-refractivity contribution in [3.8, 4) is 0 Å². The Morgan fingerprint density at radius 1 is 1.03 bits per heavy atom. The molecule has 2 aliphatic rings. The van der Waals surface area contributed by atoms with Gasteiger partial charge in [0, 0.05) is 41.4 Å². The van der Waals surface area contributed by atoms with E-state index in [0.29, 0.717) is 28.1 Å². The number of likely N-dealkylation sites (tertiary alicyclic amines) is 1. The highest BCUT2D eigenvalue weighted by molar-refractivity contribution is 6.37. The molecule has 0 atom stereocenters. The number of pyridine rings is 1. The van der Waals surface area contributed by atoms with Crippen LogP contribution in [0.3, 0.4) is 0 Å². The van der Waals surface area contributed by atoms with Crippen molar-refractivity contribution in [2.24, 2.45) is 0 Å². The van der Waals surface area contributed by atoms with Crippen molar-refractivity contribution in [2.75, 3.05) is 30.8 Å². The number of nitrogens with one attached hydrogen (secondary N) is 2. The highest BCUT2D eigenvalue weighted by Gasteiger charge is 2.29. The van der Waals surface area contributed by atoms with Crippen LogP contribution < -0.4 is 10.6 Å². The number of amides is 1. The first-order valence-electron chi connectivity index (χ1n) is 11.4. The van der Waals surface area contributed by atoms with Crippen LogP contribution in [0.1, 0.15) is 39.9 Å². The quantitative estimate of drug-likeness (QED) is 0.424. The molecule has 3 aromatic rings. The monoisotopic (exact) mass is 454 g/mol. The van der Waals surface area contributed by atoms with Gasteiger partial charge in [0.25, 0.3) is 5.91 Å². The fourth-order valence-electron chi connectivity index (χ4n) is 4.49. The van der Waals surface area contributed by atoms with E-state index in [-0.39, 0.29) is 5.91 Å². The van der Waals surface area contributed by atoms with Crippen LogP contribution in [0.15, 0.2) is 67.0 Å². The van der Waals surface area contributed by atoms with Crippen molar-refractivity contribution < 1.29 is 14.3 Å². The largest absolute Gasteiger partial charge is 0.465 e. The molecule has 172 valence electrons. The molecule has 1 amide bonds. The average Bonchev–Trinajstić information content (AvgIpc) is 3.50. The zero-order chi connectivity index (χ0) is 23.5. The Morgan fingerprint density at radius 3 is 2.47 bits per heavy atom. The maximum Gasteiger partial charge on any atom is 0.337 e. The van der Waals surface area contributed by atoms with Crippen LogP contribution in [0, 0.1) is 0 Å². The van der Waals surface area contributed by atoms with Gasteiger partial charge in [-0.15, -0.1) is 0 Å². The molecular formula is C27H26N4O3. The minimum atomic E-state index is -0.450. The summed E-state index contributed by atoms with van der Waals surface area (Å²) in [5, 5.41) is 6.36. The molecule has 0 aliphatic carbocycles. The van der Waals surface area contributed by atoms with Gasteiger partial charge in [-0.2, -0.15) is 0 Å². The molecule has 3 heterocycles. The number of anilines is 2. The summed E-state index contributed by atoms with van der Waals surface area (Å²) in [5.41, 5.74) is 5.75. The second-order valence-corrected chi connectivity index (χ2v) is 8.50. The van der Waals surface area contributed by atoms with Crippen LogP contribution in [0.2, 0.25) is 0 Å². The summed E-state index contributed by atoms with van der Waals surface area (Å²) in [6.07, 6.45) is 5.91. The fraction of sp³-hybridized carbons (Fsp3) is 0.222. The number of benzene rings is 2. The predicted molar refractivity (Wildman–Crippen MR) is 132 cm³/mol. The van der Waals surface area contributed by atoms with Crippen molar-refractivity contribution in [3.05, 3.63) is 89.2 Å². The van der Waals surface area contributed by atoms with Crippen LogP contribution in [-0.2, 0) is 16.1 Å². The highest BCUT2D eigenvalue weighted by Crippen LogP contribution is 2.38. The predicted octanol–water partition coefficient (Wildman–Crippen LogP) is 4.40. The number of hydrogen-bond donors (Lipinski definition) is 2. The minimum absolute atomic E-state index is 0.234. The van der Waals surface area contributed by atoms with Gasteiger partial charge in [-0.25, -0.2) is 4.79 Å². The summed E-state index contributed by atoms with van der Waals surface area (Å²) in [6.45, 7) is 3.26. The summed E-state index contributed by atoms with van der Waals surface area (Å²) in [7, 11) is 1.34. The number of ether oxygens (including phenoxy) is 1. The van der Waals surface area contributed by atoms with Crippen molar-refractivity contribution in [1.29, 1.82) is 0 Å². The lowest BCUT2D eigenvalue weighted by Gasteiger charge is -2.17. The van der Waals surface area contributed by atoms with E-state index in [1.165, 1.54) is 25.5 Å². The maximum absolute atomic E-state index is 13.1. The van der Waals surface area contributed by atoms with Crippen molar-refractivity contribution in [1.82, 2.24) is 9.88 Å². The molecule has 7 heteroatoms. The molecule has 7 nitrogen and oxygen atoms in total. The molecule has 0 radical (unpaired) electrons. The molecule has 34 heavy (non-hydrogen) atoms. The van der Waals surface area contributed by atoms with Gasteiger partial charge in [0.1, 0.15) is 0 Å². The SMILES string of the molecule is COC(=O)c1ccc2c(c1)/C(=C(/Nc1ccc(CN3CCCC3)cc1)c1ccncc1)C(=O)N2. The van der Waals surface area contributed by atoms with Gasteiger partial charge >= 0.3 is 5.97 Å². The second kappa shape index (κ2) is 9.49. The fourth-order valence-corrected chi connectivity index (χ4v) is 4.49. The molecule has 2 aromatic carbocycles. The van der Waals surface area contributed by atoms with E-state index in [4.69, 9.17) is 4.74 Å². The van der Waals surface area contributed by atoms with Crippen molar-refractivity contribution >= 4 is 34.5 Å². The molecule has 0 bridgehead atoms. The third-order valence-electron chi connectivity index (χ3n) is 6.23. The molecule has 0 unspecified atom stereocenters. The minimum Gasteiger partial charge on any atom is -0.465 e. The molecular weight excluding hydrogens is 428 g/mol. The number of carbonyl (C=O) groups is 2. The third-order valence-corrected chi connectivity index (χ3v) is 6.23. The van der Waals surface area contributed by atoms with E-state index in [2.05, 4.69) is 32.7 Å². The lowest BCUT2D eigenvalue weighted by Crippen LogP contribution is -2.18. The number of hydrogen-bond acceptors (Lipinski definition) is 6. The summed E-state index contributed by atoms with van der Waals surface area (Å²) in [5.74, 6) is -0.685. The summed E-state index contributed by atoms with van der Waals surface area (Å²) >= 11 is 0. The van der Waals surface area contributed by atoms with Gasteiger partial charge in [0.2, 0.25) is 0 Å². The van der Waals surface area contributed by atoms with Gasteiger partial charge in [0.15, 0.2) is 0 Å². The number of nitrogens with zero attached hydrogens (tertiary/aromatic N) is 2. The van der Waals surface area contributed by atoms with Crippen molar-refractivity contribution in [3.63, 3.8) is 0 Å². The number of carbonyl (C=O) groups excluding carboxylic acids is 2. The molecule has 1 saturated heterocycles. The van der Waals surface area contributed by atoms with Crippen LogP contribution in [0.5, 0.6) is 0 Å². The van der Waals surface area contributed by atoms with Gasteiger partial charge < -0.3 is 15.4 Å². The molecule has 0 spiro atoms. The van der Waals surface area contributed by atoms with E-state index in [0.717, 1.165) is 30.9 Å². The van der Waals surface area contributed by atoms with E-state index in [9.17, 15) is 9.59 Å². The Hall–Kier alpha value is -3.97. The number of rotatable bonds is 6. The van der Waals surface area contributed by atoms with Crippen LogP contribution >= 0.6 is 0 Å². The maximum atomic E-state index is 13.1. The smallest absolute Gasteiger partial charge is 0.337 e. The van der Waals surface area contributed by atoms with Crippen molar-refractivity contribution in [2.45, 2.75) is 19.4 Å². The zero-order valence-corrected chi connectivity index (χ0v) is 19.0. The summed E-state index contributed by atoms with van der Waals surface area (Å²) in [4.78, 5) is 31.8. The Bertz CT molecular complexity index is 1250. The van der Waals surface area contributed by atoms with Crippen LogP contribution in [0.4, 0.5) is 11.4 Å². The Morgan fingerprint density at radius 2 is 1.76 bits per heavy atom. The van der Waals surface area contributed by atoms with Gasteiger partial charge in [-0.3, -0.25) is 14.7 Å². The first-order chi connectivity index (χ1) is 16.6. The zero-order valence-electron chi connectivity index (χ0n) is 19.0. The molecule has 1 fully saturated rings. The highest BCUT2D eigenvalue weighted by atomic mass is 16.5.